The monoisotopic (exact) mass is 366 g/mol. The summed E-state index contributed by atoms with van der Waals surface area (Å²) in [4.78, 5) is 26.7. The standard InChI is InChI=1S/C21H22N2O4/c1-14-2-4-15(5-3-14)12-23-17(7-9-20(23)24)21(25)22-11-16-6-8-18-19(10-16)27-13-26-18/h2-6,8,10,17H,7,9,11-13H2,1H3,(H,22,25)/t17-/m1/s1. The highest BCUT2D eigenvalue weighted by atomic mass is 16.7. The number of aryl methyl sites for hydroxylation is 1. The van der Waals surface area contributed by atoms with E-state index in [-0.39, 0.29) is 18.6 Å². The molecule has 1 fully saturated rings. The van der Waals surface area contributed by atoms with Crippen molar-refractivity contribution in [3.8, 4) is 11.5 Å². The van der Waals surface area contributed by atoms with Crippen molar-refractivity contribution in [1.29, 1.82) is 0 Å². The molecule has 0 saturated carbocycles. The zero-order chi connectivity index (χ0) is 18.8. The lowest BCUT2D eigenvalue weighted by Gasteiger charge is -2.24. The molecule has 2 amide bonds. The van der Waals surface area contributed by atoms with Crippen molar-refractivity contribution in [3.63, 3.8) is 0 Å². The van der Waals surface area contributed by atoms with Gasteiger partial charge in [0.2, 0.25) is 18.6 Å². The molecule has 0 spiro atoms. The number of carbonyl (C=O) groups excluding carboxylic acids is 2. The molecule has 0 aliphatic carbocycles. The van der Waals surface area contributed by atoms with Crippen LogP contribution in [0.4, 0.5) is 0 Å². The molecule has 0 aromatic heterocycles. The first-order valence-electron chi connectivity index (χ1n) is 9.11. The van der Waals surface area contributed by atoms with Crippen molar-refractivity contribution >= 4 is 11.8 Å². The van der Waals surface area contributed by atoms with Crippen LogP contribution < -0.4 is 14.8 Å². The maximum Gasteiger partial charge on any atom is 0.243 e. The fourth-order valence-corrected chi connectivity index (χ4v) is 3.45. The molecule has 6 heteroatoms. The molecule has 2 aromatic rings. The number of amides is 2. The van der Waals surface area contributed by atoms with Gasteiger partial charge in [0.15, 0.2) is 11.5 Å². The van der Waals surface area contributed by atoms with Gasteiger partial charge in [-0.1, -0.05) is 35.9 Å². The zero-order valence-corrected chi connectivity index (χ0v) is 15.2. The summed E-state index contributed by atoms with van der Waals surface area (Å²) in [5, 5.41) is 2.95. The summed E-state index contributed by atoms with van der Waals surface area (Å²) in [6.07, 6.45) is 0.964. The van der Waals surface area contributed by atoms with E-state index in [1.54, 1.807) is 4.90 Å². The summed E-state index contributed by atoms with van der Waals surface area (Å²) >= 11 is 0. The smallest absolute Gasteiger partial charge is 0.243 e. The molecule has 2 aromatic carbocycles. The molecule has 6 nitrogen and oxygen atoms in total. The van der Waals surface area contributed by atoms with Crippen LogP contribution in [0.5, 0.6) is 11.5 Å². The quantitative estimate of drug-likeness (QED) is 0.883. The van der Waals surface area contributed by atoms with Crippen LogP contribution in [0.25, 0.3) is 0 Å². The van der Waals surface area contributed by atoms with Crippen LogP contribution in [0.2, 0.25) is 0 Å². The van der Waals surface area contributed by atoms with E-state index in [9.17, 15) is 9.59 Å². The third-order valence-corrected chi connectivity index (χ3v) is 5.01. The number of hydrogen-bond donors (Lipinski definition) is 1. The maximum absolute atomic E-state index is 12.7. The van der Waals surface area contributed by atoms with Gasteiger partial charge in [-0.05, 0) is 36.6 Å². The molecule has 140 valence electrons. The van der Waals surface area contributed by atoms with E-state index < -0.39 is 6.04 Å². The molecule has 1 saturated heterocycles. The number of rotatable bonds is 5. The third kappa shape index (κ3) is 3.74. The van der Waals surface area contributed by atoms with Crippen molar-refractivity contribution in [1.82, 2.24) is 10.2 Å². The van der Waals surface area contributed by atoms with Crippen LogP contribution in [0, 0.1) is 6.92 Å². The van der Waals surface area contributed by atoms with E-state index in [2.05, 4.69) is 5.32 Å². The van der Waals surface area contributed by atoms with Gasteiger partial charge in [-0.2, -0.15) is 0 Å². The Morgan fingerprint density at radius 3 is 2.67 bits per heavy atom. The van der Waals surface area contributed by atoms with E-state index >= 15 is 0 Å². The minimum atomic E-state index is -0.423. The highest BCUT2D eigenvalue weighted by Crippen LogP contribution is 2.32. The number of benzene rings is 2. The largest absolute Gasteiger partial charge is 0.454 e. The van der Waals surface area contributed by atoms with E-state index in [1.165, 1.54) is 5.56 Å². The van der Waals surface area contributed by atoms with Crippen molar-refractivity contribution in [2.75, 3.05) is 6.79 Å². The molecule has 1 atom stereocenters. The Kier molecular flexibility index (Phi) is 4.71. The van der Waals surface area contributed by atoms with Crippen molar-refractivity contribution in [2.24, 2.45) is 0 Å². The van der Waals surface area contributed by atoms with Crippen molar-refractivity contribution in [2.45, 2.75) is 38.9 Å². The number of hydrogen-bond acceptors (Lipinski definition) is 4. The number of carbonyl (C=O) groups is 2. The van der Waals surface area contributed by atoms with Crippen LogP contribution in [0.3, 0.4) is 0 Å². The fourth-order valence-electron chi connectivity index (χ4n) is 3.45. The molecule has 27 heavy (non-hydrogen) atoms. The predicted octanol–water partition coefficient (Wildman–Crippen LogP) is 2.53. The summed E-state index contributed by atoms with van der Waals surface area (Å²) in [6.45, 7) is 3.10. The molecule has 2 aliphatic heterocycles. The first kappa shape index (κ1) is 17.4. The fraction of sp³-hybridized carbons (Fsp3) is 0.333. The number of ether oxygens (including phenoxy) is 2. The SMILES string of the molecule is Cc1ccc(CN2C(=O)CC[C@@H]2C(=O)NCc2ccc3c(c2)OCO3)cc1. The van der Waals surface area contributed by atoms with Gasteiger partial charge in [0.1, 0.15) is 6.04 Å². The second-order valence-electron chi connectivity index (χ2n) is 6.97. The van der Waals surface area contributed by atoms with Crippen molar-refractivity contribution in [3.05, 3.63) is 59.2 Å². The summed E-state index contributed by atoms with van der Waals surface area (Å²) in [5.41, 5.74) is 3.14. The average Bonchev–Trinajstić information content (AvgIpc) is 3.28. The normalized spacial score (nSPS) is 18.0. The Morgan fingerprint density at radius 1 is 1.11 bits per heavy atom. The molecule has 0 unspecified atom stereocenters. The molecular formula is C21H22N2O4. The Bertz CT molecular complexity index is 863. The number of fused-ring (bicyclic) bond motifs is 1. The highest BCUT2D eigenvalue weighted by molar-refractivity contribution is 5.90. The van der Waals surface area contributed by atoms with Gasteiger partial charge in [0.05, 0.1) is 0 Å². The minimum Gasteiger partial charge on any atom is -0.454 e. The maximum atomic E-state index is 12.7. The lowest BCUT2D eigenvalue weighted by Crippen LogP contribution is -2.44. The summed E-state index contributed by atoms with van der Waals surface area (Å²) in [7, 11) is 0. The van der Waals surface area contributed by atoms with E-state index in [0.29, 0.717) is 31.7 Å². The van der Waals surface area contributed by atoms with E-state index in [0.717, 1.165) is 16.9 Å². The summed E-state index contributed by atoms with van der Waals surface area (Å²) in [6, 6.07) is 13.2. The number of likely N-dealkylation sites (tertiary alicyclic amines) is 1. The molecule has 2 aliphatic rings. The Labute approximate surface area is 158 Å². The van der Waals surface area contributed by atoms with Gasteiger partial charge < -0.3 is 19.7 Å². The molecule has 0 bridgehead atoms. The Hall–Kier alpha value is -3.02. The van der Waals surface area contributed by atoms with Crippen LogP contribution in [-0.2, 0) is 22.7 Å². The zero-order valence-electron chi connectivity index (χ0n) is 15.2. The van der Waals surface area contributed by atoms with E-state index in [1.807, 2.05) is 49.4 Å². The highest BCUT2D eigenvalue weighted by Gasteiger charge is 2.35. The second-order valence-corrected chi connectivity index (χ2v) is 6.97. The number of nitrogens with zero attached hydrogens (tertiary/aromatic N) is 1. The van der Waals surface area contributed by atoms with Gasteiger partial charge in [-0.3, -0.25) is 9.59 Å². The number of nitrogens with one attached hydrogen (secondary N) is 1. The third-order valence-electron chi connectivity index (χ3n) is 5.01. The summed E-state index contributed by atoms with van der Waals surface area (Å²) in [5.74, 6) is 1.32. The predicted molar refractivity (Wildman–Crippen MR) is 99.2 cm³/mol. The van der Waals surface area contributed by atoms with Gasteiger partial charge in [0.25, 0.3) is 0 Å². The van der Waals surface area contributed by atoms with Crippen LogP contribution in [0.1, 0.15) is 29.5 Å². The average molecular weight is 366 g/mol. The molecular weight excluding hydrogens is 344 g/mol. The minimum absolute atomic E-state index is 0.0267. The second kappa shape index (κ2) is 7.31. The van der Waals surface area contributed by atoms with Gasteiger partial charge in [-0.15, -0.1) is 0 Å². The topological polar surface area (TPSA) is 67.9 Å². The van der Waals surface area contributed by atoms with Crippen LogP contribution in [0.15, 0.2) is 42.5 Å². The van der Waals surface area contributed by atoms with Gasteiger partial charge >= 0.3 is 0 Å². The Morgan fingerprint density at radius 2 is 1.85 bits per heavy atom. The van der Waals surface area contributed by atoms with Gasteiger partial charge in [0, 0.05) is 19.5 Å². The lowest BCUT2D eigenvalue weighted by molar-refractivity contribution is -0.135. The first-order chi connectivity index (χ1) is 13.1. The first-order valence-corrected chi connectivity index (χ1v) is 9.11. The molecule has 0 radical (unpaired) electrons. The van der Waals surface area contributed by atoms with Crippen molar-refractivity contribution < 1.29 is 19.1 Å². The van der Waals surface area contributed by atoms with Crippen LogP contribution in [-0.4, -0.2) is 29.5 Å². The Balaban J connectivity index is 1.39. The van der Waals surface area contributed by atoms with Gasteiger partial charge in [-0.25, -0.2) is 0 Å². The molecule has 1 N–H and O–H groups in total. The molecule has 2 heterocycles. The molecule has 4 rings (SSSR count). The lowest BCUT2D eigenvalue weighted by atomic mass is 10.1. The van der Waals surface area contributed by atoms with E-state index in [4.69, 9.17) is 9.47 Å². The summed E-state index contributed by atoms with van der Waals surface area (Å²) < 4.78 is 10.7. The van der Waals surface area contributed by atoms with Crippen LogP contribution >= 0.6 is 0 Å².